The van der Waals surface area contributed by atoms with E-state index in [-0.39, 0.29) is 24.7 Å². The van der Waals surface area contributed by atoms with E-state index in [0.717, 1.165) is 19.6 Å². The molecule has 0 bridgehead atoms. The molecule has 1 aliphatic heterocycles. The van der Waals surface area contributed by atoms with E-state index in [0.29, 0.717) is 18.8 Å². The number of carbonyl (C=O) groups excluding carboxylic acids is 3. The van der Waals surface area contributed by atoms with Gasteiger partial charge in [-0.2, -0.15) is 0 Å². The van der Waals surface area contributed by atoms with Crippen LogP contribution in [0.5, 0.6) is 5.75 Å². The summed E-state index contributed by atoms with van der Waals surface area (Å²) in [5.41, 5.74) is 7.77. The summed E-state index contributed by atoms with van der Waals surface area (Å²) in [4.78, 5) is 39.5. The Morgan fingerprint density at radius 2 is 1.71 bits per heavy atom. The lowest BCUT2D eigenvalue weighted by molar-refractivity contribution is -0.136. The second-order valence-corrected chi connectivity index (χ2v) is 7.50. The highest BCUT2D eigenvalue weighted by atomic mass is 16.5. The molecule has 31 heavy (non-hydrogen) atoms. The van der Waals surface area contributed by atoms with Gasteiger partial charge in [0.15, 0.2) is 13.2 Å². The molecule has 8 nitrogen and oxygen atoms in total. The quantitative estimate of drug-likeness (QED) is 0.641. The van der Waals surface area contributed by atoms with Crippen LogP contribution < -0.4 is 10.5 Å². The van der Waals surface area contributed by atoms with Crippen molar-refractivity contribution in [2.45, 2.75) is 13.5 Å². The fourth-order valence-electron chi connectivity index (χ4n) is 3.39. The summed E-state index contributed by atoms with van der Waals surface area (Å²) in [5, 5.41) is 0. The van der Waals surface area contributed by atoms with E-state index < -0.39 is 11.9 Å². The molecule has 0 radical (unpaired) electrons. The predicted molar refractivity (Wildman–Crippen MR) is 114 cm³/mol. The summed E-state index contributed by atoms with van der Waals surface area (Å²) in [6.07, 6.45) is 0. The highest BCUT2D eigenvalue weighted by molar-refractivity contribution is 5.91. The molecule has 0 saturated carbocycles. The maximum Gasteiger partial charge on any atom is 0.338 e. The molecule has 1 fully saturated rings. The number of hydrogen-bond acceptors (Lipinski definition) is 6. The average molecular weight is 425 g/mol. The van der Waals surface area contributed by atoms with Crippen molar-refractivity contribution in [2.75, 3.05) is 39.4 Å². The first-order valence-corrected chi connectivity index (χ1v) is 10.1. The van der Waals surface area contributed by atoms with Gasteiger partial charge in [0.2, 0.25) is 0 Å². The molecule has 2 aromatic carbocycles. The van der Waals surface area contributed by atoms with Gasteiger partial charge in [0.25, 0.3) is 11.8 Å². The summed E-state index contributed by atoms with van der Waals surface area (Å²) >= 11 is 0. The van der Waals surface area contributed by atoms with Crippen molar-refractivity contribution < 1.29 is 23.9 Å². The SMILES string of the molecule is Cc1cccc(CN2CCN(C(=O)COC(=O)c3cccc(OCC(N)=O)c3)CC2)c1. The number of rotatable bonds is 8. The van der Waals surface area contributed by atoms with E-state index in [9.17, 15) is 14.4 Å². The van der Waals surface area contributed by atoms with Gasteiger partial charge in [-0.3, -0.25) is 14.5 Å². The van der Waals surface area contributed by atoms with Gasteiger partial charge < -0.3 is 20.1 Å². The van der Waals surface area contributed by atoms with Gasteiger partial charge in [-0.05, 0) is 30.7 Å². The number of nitrogens with zero attached hydrogens (tertiary/aromatic N) is 2. The van der Waals surface area contributed by atoms with E-state index >= 15 is 0 Å². The Morgan fingerprint density at radius 3 is 2.42 bits per heavy atom. The second-order valence-electron chi connectivity index (χ2n) is 7.50. The molecule has 0 spiro atoms. The number of carbonyl (C=O) groups is 3. The molecule has 2 amide bonds. The summed E-state index contributed by atoms with van der Waals surface area (Å²) in [7, 11) is 0. The Kier molecular flexibility index (Phi) is 7.61. The average Bonchev–Trinajstić information content (AvgIpc) is 2.76. The van der Waals surface area contributed by atoms with Crippen LogP contribution in [0, 0.1) is 6.92 Å². The maximum atomic E-state index is 12.4. The molecule has 0 aromatic heterocycles. The highest BCUT2D eigenvalue weighted by Crippen LogP contribution is 2.15. The number of piperazine rings is 1. The van der Waals surface area contributed by atoms with Crippen LogP contribution in [-0.2, 0) is 20.9 Å². The molecule has 0 aliphatic carbocycles. The van der Waals surface area contributed by atoms with Gasteiger partial charge in [-0.1, -0.05) is 35.9 Å². The molecule has 3 rings (SSSR count). The minimum atomic E-state index is -0.629. The second kappa shape index (κ2) is 10.6. The first kappa shape index (κ1) is 22.3. The van der Waals surface area contributed by atoms with Crippen molar-refractivity contribution in [3.63, 3.8) is 0 Å². The lowest BCUT2D eigenvalue weighted by atomic mass is 10.1. The van der Waals surface area contributed by atoms with E-state index in [1.54, 1.807) is 23.1 Å². The Balaban J connectivity index is 1.43. The molecule has 2 aromatic rings. The largest absolute Gasteiger partial charge is 0.484 e. The fraction of sp³-hybridized carbons (Fsp3) is 0.348. The monoisotopic (exact) mass is 425 g/mol. The number of amides is 2. The maximum absolute atomic E-state index is 12.4. The molecule has 164 valence electrons. The molecule has 1 aliphatic rings. The number of aryl methyl sites for hydroxylation is 1. The van der Waals surface area contributed by atoms with E-state index in [4.69, 9.17) is 15.2 Å². The predicted octanol–water partition coefficient (Wildman–Crippen LogP) is 1.36. The number of primary amides is 1. The molecule has 2 N–H and O–H groups in total. The van der Waals surface area contributed by atoms with Crippen molar-refractivity contribution in [1.82, 2.24) is 9.80 Å². The Morgan fingerprint density at radius 1 is 0.968 bits per heavy atom. The molecule has 1 saturated heterocycles. The number of hydrogen-bond donors (Lipinski definition) is 1. The third-order valence-electron chi connectivity index (χ3n) is 4.99. The first-order valence-electron chi connectivity index (χ1n) is 10.1. The fourth-order valence-corrected chi connectivity index (χ4v) is 3.39. The standard InChI is InChI=1S/C23H27N3O5/c1-17-4-2-5-18(12-17)14-25-8-10-26(11-9-25)22(28)16-31-23(29)19-6-3-7-20(13-19)30-15-21(24)27/h2-7,12-13H,8-11,14-16H2,1H3,(H2,24,27). The van der Waals surface area contributed by atoms with Crippen molar-refractivity contribution >= 4 is 17.8 Å². The van der Waals surface area contributed by atoms with Gasteiger partial charge in [-0.15, -0.1) is 0 Å². The first-order chi connectivity index (χ1) is 14.9. The van der Waals surface area contributed by atoms with Crippen LogP contribution in [0.3, 0.4) is 0 Å². The van der Waals surface area contributed by atoms with Gasteiger partial charge in [0.05, 0.1) is 5.56 Å². The lowest BCUT2D eigenvalue weighted by Crippen LogP contribution is -2.49. The van der Waals surface area contributed by atoms with Crippen molar-refractivity contribution in [1.29, 1.82) is 0 Å². The molecule has 0 atom stereocenters. The van der Waals surface area contributed by atoms with Crippen LogP contribution in [0.15, 0.2) is 48.5 Å². The van der Waals surface area contributed by atoms with Crippen LogP contribution in [0.4, 0.5) is 0 Å². The van der Waals surface area contributed by atoms with Crippen LogP contribution >= 0.6 is 0 Å². The van der Waals surface area contributed by atoms with Gasteiger partial charge in [0, 0.05) is 32.7 Å². The zero-order chi connectivity index (χ0) is 22.2. The van der Waals surface area contributed by atoms with Crippen LogP contribution in [0.2, 0.25) is 0 Å². The van der Waals surface area contributed by atoms with Crippen molar-refractivity contribution in [2.24, 2.45) is 5.73 Å². The lowest BCUT2D eigenvalue weighted by Gasteiger charge is -2.34. The smallest absolute Gasteiger partial charge is 0.338 e. The van der Waals surface area contributed by atoms with Crippen LogP contribution in [0.1, 0.15) is 21.5 Å². The molecule has 0 unspecified atom stereocenters. The van der Waals surface area contributed by atoms with E-state index in [1.807, 2.05) is 0 Å². The normalized spacial score (nSPS) is 14.2. The summed E-state index contributed by atoms with van der Waals surface area (Å²) < 4.78 is 10.3. The van der Waals surface area contributed by atoms with Crippen LogP contribution in [-0.4, -0.2) is 67.0 Å². The van der Waals surface area contributed by atoms with E-state index in [2.05, 4.69) is 36.1 Å². The minimum absolute atomic E-state index is 0.218. The Hall–Kier alpha value is -3.39. The van der Waals surface area contributed by atoms with Gasteiger partial charge >= 0.3 is 5.97 Å². The number of nitrogens with two attached hydrogens (primary N) is 1. The molecular formula is C23H27N3O5. The van der Waals surface area contributed by atoms with Crippen LogP contribution in [0.25, 0.3) is 0 Å². The third kappa shape index (κ3) is 6.82. The number of benzene rings is 2. The summed E-state index contributed by atoms with van der Waals surface area (Å²) in [6, 6.07) is 14.6. The topological polar surface area (TPSA) is 102 Å². The molecule has 1 heterocycles. The zero-order valence-corrected chi connectivity index (χ0v) is 17.6. The summed E-state index contributed by atoms with van der Waals surface area (Å²) in [5.74, 6) is -1.14. The Labute approximate surface area is 181 Å². The number of ether oxygens (including phenoxy) is 2. The van der Waals surface area contributed by atoms with Crippen molar-refractivity contribution in [3.05, 3.63) is 65.2 Å². The Bertz CT molecular complexity index is 938. The van der Waals surface area contributed by atoms with E-state index in [1.165, 1.54) is 17.2 Å². The number of esters is 1. The van der Waals surface area contributed by atoms with Gasteiger partial charge in [0.1, 0.15) is 5.75 Å². The highest BCUT2D eigenvalue weighted by Gasteiger charge is 2.22. The summed E-state index contributed by atoms with van der Waals surface area (Å²) in [6.45, 7) is 5.06. The zero-order valence-electron chi connectivity index (χ0n) is 17.6. The molecule has 8 heteroatoms. The third-order valence-corrected chi connectivity index (χ3v) is 4.99. The van der Waals surface area contributed by atoms with Gasteiger partial charge in [-0.25, -0.2) is 4.79 Å². The van der Waals surface area contributed by atoms with Crippen molar-refractivity contribution in [3.8, 4) is 5.75 Å². The molecular weight excluding hydrogens is 398 g/mol. The minimum Gasteiger partial charge on any atom is -0.484 e.